The van der Waals surface area contributed by atoms with Crippen molar-refractivity contribution in [2.45, 2.75) is 12.5 Å². The summed E-state index contributed by atoms with van der Waals surface area (Å²) in [5.41, 5.74) is 1.78. The highest BCUT2D eigenvalue weighted by molar-refractivity contribution is 7.92. The number of nitrogens with zero attached hydrogens (tertiary/aromatic N) is 4. The van der Waals surface area contributed by atoms with Crippen molar-refractivity contribution in [3.63, 3.8) is 0 Å². The lowest BCUT2D eigenvalue weighted by molar-refractivity contribution is 0.435. The molecule has 0 fully saturated rings. The zero-order valence-corrected chi connectivity index (χ0v) is 11.3. The normalized spacial score (nSPS) is 19.2. The summed E-state index contributed by atoms with van der Waals surface area (Å²) in [6.45, 7) is 0.388. The molecule has 0 saturated heterocycles. The number of fused-ring (bicyclic) bond motifs is 1. The van der Waals surface area contributed by atoms with Crippen molar-refractivity contribution in [1.29, 1.82) is 0 Å². The van der Waals surface area contributed by atoms with Gasteiger partial charge in [0.1, 0.15) is 0 Å². The molecule has 0 N–H and O–H groups in total. The van der Waals surface area contributed by atoms with Crippen molar-refractivity contribution in [1.82, 2.24) is 15.0 Å². The van der Waals surface area contributed by atoms with E-state index in [2.05, 4.69) is 10.3 Å². The molecule has 1 aliphatic heterocycles. The molecule has 1 aromatic heterocycles. The molecule has 19 heavy (non-hydrogen) atoms. The van der Waals surface area contributed by atoms with Crippen LogP contribution in [0.5, 0.6) is 0 Å². The topological polar surface area (TPSA) is 68.1 Å². The Morgan fingerprint density at radius 3 is 2.79 bits per heavy atom. The smallest absolute Gasteiger partial charge is 0.232 e. The first-order valence-electron chi connectivity index (χ1n) is 5.97. The summed E-state index contributed by atoms with van der Waals surface area (Å²) in [5.74, 6) is 0. The van der Waals surface area contributed by atoms with Crippen LogP contribution in [-0.4, -0.2) is 36.2 Å². The van der Waals surface area contributed by atoms with Gasteiger partial charge in [-0.05, 0) is 18.1 Å². The molecule has 0 spiro atoms. The Morgan fingerprint density at radius 1 is 1.32 bits per heavy atom. The fourth-order valence-corrected chi connectivity index (χ4v) is 3.42. The highest BCUT2D eigenvalue weighted by atomic mass is 32.2. The van der Waals surface area contributed by atoms with Gasteiger partial charge in [-0.25, -0.2) is 13.1 Å². The van der Waals surface area contributed by atoms with Crippen LogP contribution in [0.4, 0.5) is 5.69 Å². The highest BCUT2D eigenvalue weighted by Gasteiger charge is 2.30. The average Bonchev–Trinajstić information content (AvgIpc) is 2.90. The van der Waals surface area contributed by atoms with Crippen molar-refractivity contribution in [3.05, 3.63) is 42.2 Å². The SMILES string of the molecule is CS(=O)(=O)N1C[C@H](n2ccnn2)Cc2ccccc21. The van der Waals surface area contributed by atoms with E-state index < -0.39 is 10.0 Å². The van der Waals surface area contributed by atoms with Crippen LogP contribution in [0.15, 0.2) is 36.7 Å². The van der Waals surface area contributed by atoms with Gasteiger partial charge in [0.15, 0.2) is 0 Å². The van der Waals surface area contributed by atoms with Crippen molar-refractivity contribution in [3.8, 4) is 0 Å². The highest BCUT2D eigenvalue weighted by Crippen LogP contribution is 2.32. The van der Waals surface area contributed by atoms with Gasteiger partial charge < -0.3 is 0 Å². The van der Waals surface area contributed by atoms with Crippen LogP contribution in [0.25, 0.3) is 0 Å². The molecule has 1 atom stereocenters. The largest absolute Gasteiger partial charge is 0.268 e. The molecule has 3 rings (SSSR count). The minimum atomic E-state index is -3.29. The first-order chi connectivity index (χ1) is 9.05. The monoisotopic (exact) mass is 278 g/mol. The van der Waals surface area contributed by atoms with Crippen LogP contribution >= 0.6 is 0 Å². The van der Waals surface area contributed by atoms with Crippen LogP contribution in [-0.2, 0) is 16.4 Å². The minimum absolute atomic E-state index is 0.0212. The molecule has 1 aromatic carbocycles. The summed E-state index contributed by atoms with van der Waals surface area (Å²) in [7, 11) is -3.29. The summed E-state index contributed by atoms with van der Waals surface area (Å²) in [6.07, 6.45) is 5.35. The molecule has 0 bridgehead atoms. The number of para-hydroxylation sites is 1. The molecule has 1 aliphatic rings. The molecule has 0 amide bonds. The lowest BCUT2D eigenvalue weighted by atomic mass is 10.00. The molecule has 100 valence electrons. The molecule has 6 nitrogen and oxygen atoms in total. The number of anilines is 1. The maximum Gasteiger partial charge on any atom is 0.232 e. The standard InChI is InChI=1S/C12H14N4O2S/c1-19(17,18)16-9-11(15-7-6-13-14-15)8-10-4-2-3-5-12(10)16/h2-7,11H,8-9H2,1H3/t11-/m1/s1. The Labute approximate surface area is 111 Å². The molecule has 0 radical (unpaired) electrons. The average molecular weight is 278 g/mol. The maximum atomic E-state index is 11.9. The van der Waals surface area contributed by atoms with E-state index in [9.17, 15) is 8.42 Å². The van der Waals surface area contributed by atoms with Crippen LogP contribution < -0.4 is 4.31 Å². The lowest BCUT2D eigenvalue weighted by Gasteiger charge is -2.34. The first-order valence-corrected chi connectivity index (χ1v) is 7.82. The third kappa shape index (κ3) is 2.21. The predicted octanol–water partition coefficient (Wildman–Crippen LogP) is 0.841. The molecule has 2 heterocycles. The van der Waals surface area contributed by atoms with Gasteiger partial charge in [-0.15, -0.1) is 5.10 Å². The fraction of sp³-hybridized carbons (Fsp3) is 0.333. The van der Waals surface area contributed by atoms with E-state index in [4.69, 9.17) is 0 Å². The number of rotatable bonds is 2. The Balaban J connectivity index is 2.06. The second kappa shape index (κ2) is 4.34. The number of aromatic nitrogens is 3. The minimum Gasteiger partial charge on any atom is -0.268 e. The van der Waals surface area contributed by atoms with E-state index in [0.717, 1.165) is 17.7 Å². The van der Waals surface area contributed by atoms with E-state index in [1.165, 1.54) is 10.6 Å². The Bertz CT molecular complexity index is 682. The number of sulfonamides is 1. The van der Waals surface area contributed by atoms with Gasteiger partial charge >= 0.3 is 0 Å². The summed E-state index contributed by atoms with van der Waals surface area (Å²) in [4.78, 5) is 0. The zero-order chi connectivity index (χ0) is 13.5. The molecule has 0 saturated carbocycles. The van der Waals surface area contributed by atoms with Crippen molar-refractivity contribution < 1.29 is 8.42 Å². The summed E-state index contributed by atoms with van der Waals surface area (Å²) in [5, 5.41) is 7.76. The zero-order valence-electron chi connectivity index (χ0n) is 10.5. The third-order valence-electron chi connectivity index (χ3n) is 3.31. The molecule has 7 heteroatoms. The molecule has 0 unspecified atom stereocenters. The number of benzene rings is 1. The van der Waals surface area contributed by atoms with Gasteiger partial charge in [0.25, 0.3) is 0 Å². The first kappa shape index (κ1) is 12.2. The van der Waals surface area contributed by atoms with Gasteiger partial charge in [0.2, 0.25) is 10.0 Å². The molecular weight excluding hydrogens is 264 g/mol. The van der Waals surface area contributed by atoms with Crippen molar-refractivity contribution in [2.75, 3.05) is 17.1 Å². The fourth-order valence-electron chi connectivity index (χ4n) is 2.44. The maximum absolute atomic E-state index is 11.9. The van der Waals surface area contributed by atoms with Crippen LogP contribution in [0.1, 0.15) is 11.6 Å². The van der Waals surface area contributed by atoms with Gasteiger partial charge in [-0.1, -0.05) is 23.4 Å². The Morgan fingerprint density at radius 2 is 2.11 bits per heavy atom. The van der Waals surface area contributed by atoms with Crippen LogP contribution in [0.2, 0.25) is 0 Å². The summed E-state index contributed by atoms with van der Waals surface area (Å²) < 4.78 is 27.0. The van der Waals surface area contributed by atoms with Crippen molar-refractivity contribution >= 4 is 15.7 Å². The number of hydrogen-bond donors (Lipinski definition) is 0. The van der Waals surface area contributed by atoms with Gasteiger partial charge in [0, 0.05) is 6.20 Å². The lowest BCUT2D eigenvalue weighted by Crippen LogP contribution is -2.40. The molecular formula is C12H14N4O2S. The quantitative estimate of drug-likeness (QED) is 0.816. The van der Waals surface area contributed by atoms with E-state index in [1.807, 2.05) is 24.3 Å². The second-order valence-corrected chi connectivity index (χ2v) is 6.57. The summed E-state index contributed by atoms with van der Waals surface area (Å²) >= 11 is 0. The molecule has 0 aliphatic carbocycles. The Kier molecular flexibility index (Phi) is 2.78. The van der Waals surface area contributed by atoms with E-state index in [0.29, 0.717) is 6.54 Å². The second-order valence-electron chi connectivity index (χ2n) is 4.66. The summed E-state index contributed by atoms with van der Waals surface area (Å²) in [6, 6.07) is 7.55. The van der Waals surface area contributed by atoms with Gasteiger partial charge in [0.05, 0.1) is 30.7 Å². The van der Waals surface area contributed by atoms with E-state index >= 15 is 0 Å². The van der Waals surface area contributed by atoms with Crippen LogP contribution in [0.3, 0.4) is 0 Å². The van der Waals surface area contributed by atoms with E-state index in [-0.39, 0.29) is 6.04 Å². The Hall–Kier alpha value is -1.89. The predicted molar refractivity (Wildman–Crippen MR) is 71.4 cm³/mol. The van der Waals surface area contributed by atoms with E-state index in [1.54, 1.807) is 17.1 Å². The number of hydrogen-bond acceptors (Lipinski definition) is 4. The molecule has 2 aromatic rings. The van der Waals surface area contributed by atoms with Crippen LogP contribution in [0, 0.1) is 0 Å². The third-order valence-corrected chi connectivity index (χ3v) is 4.45. The van der Waals surface area contributed by atoms with Gasteiger partial charge in [-0.2, -0.15) is 0 Å². The van der Waals surface area contributed by atoms with Crippen molar-refractivity contribution in [2.24, 2.45) is 0 Å². The van der Waals surface area contributed by atoms with Gasteiger partial charge in [-0.3, -0.25) is 4.31 Å².